The molecule has 0 aliphatic carbocycles. The van der Waals surface area contributed by atoms with E-state index in [1.165, 1.54) is 25.1 Å². The molecule has 28 heavy (non-hydrogen) atoms. The molecule has 3 rings (SSSR count). The van der Waals surface area contributed by atoms with Gasteiger partial charge in [-0.15, -0.1) is 0 Å². The van der Waals surface area contributed by atoms with Crippen LogP contribution in [0.25, 0.3) is 11.1 Å². The molecule has 0 radical (unpaired) electrons. The van der Waals surface area contributed by atoms with Gasteiger partial charge in [0.15, 0.2) is 18.2 Å². The molecular weight excluding hydrogens is 372 g/mol. The van der Waals surface area contributed by atoms with Crippen LogP contribution in [-0.2, 0) is 0 Å². The number of ether oxygens (including phenoxy) is 2. The number of alkyl halides is 2. The highest BCUT2D eigenvalue weighted by atomic mass is 19.3. The van der Waals surface area contributed by atoms with Crippen molar-refractivity contribution in [2.24, 2.45) is 0 Å². The molecule has 3 aromatic carbocycles. The van der Waals surface area contributed by atoms with E-state index < -0.39 is 30.1 Å². The molecule has 3 aromatic rings. The first-order valence-electron chi connectivity index (χ1n) is 8.56. The summed E-state index contributed by atoms with van der Waals surface area (Å²) in [6, 6.07) is 16.3. The van der Waals surface area contributed by atoms with Crippen LogP contribution in [0.15, 0.2) is 60.7 Å². The van der Waals surface area contributed by atoms with Crippen LogP contribution in [-0.4, -0.2) is 12.7 Å². The Morgan fingerprint density at radius 3 is 1.93 bits per heavy atom. The number of halogens is 4. The number of hydrogen-bond acceptors (Lipinski definition) is 2. The summed E-state index contributed by atoms with van der Waals surface area (Å²) >= 11 is 0. The summed E-state index contributed by atoms with van der Waals surface area (Å²) in [5.74, 6) is -3.10. The van der Waals surface area contributed by atoms with Crippen molar-refractivity contribution in [3.05, 3.63) is 83.4 Å². The average molecular weight is 390 g/mol. The fourth-order valence-electron chi connectivity index (χ4n) is 2.56. The minimum Gasteiger partial charge on any atom is -0.480 e. The predicted molar refractivity (Wildman–Crippen MR) is 98.8 cm³/mol. The zero-order valence-corrected chi connectivity index (χ0v) is 15.3. The molecule has 6 heteroatoms. The second kappa shape index (κ2) is 7.92. The van der Waals surface area contributed by atoms with Crippen molar-refractivity contribution < 1.29 is 27.0 Å². The second-order valence-corrected chi connectivity index (χ2v) is 6.43. The molecule has 0 bridgehead atoms. The minimum atomic E-state index is -3.72. The normalized spacial score (nSPS) is 11.4. The van der Waals surface area contributed by atoms with Crippen molar-refractivity contribution in [2.75, 3.05) is 6.61 Å². The van der Waals surface area contributed by atoms with Crippen LogP contribution >= 0.6 is 0 Å². The van der Waals surface area contributed by atoms with Crippen molar-refractivity contribution in [1.82, 2.24) is 0 Å². The lowest BCUT2D eigenvalue weighted by Crippen LogP contribution is -2.32. The second-order valence-electron chi connectivity index (χ2n) is 6.43. The van der Waals surface area contributed by atoms with Crippen LogP contribution in [0.2, 0.25) is 0 Å². The van der Waals surface area contributed by atoms with E-state index in [1.54, 1.807) is 12.1 Å². The number of rotatable bonds is 6. The maximum atomic E-state index is 14.0. The van der Waals surface area contributed by atoms with Gasteiger partial charge in [-0.05, 0) is 48.7 Å². The van der Waals surface area contributed by atoms with Crippen LogP contribution in [0.5, 0.6) is 11.5 Å². The molecule has 0 aliphatic rings. The Labute approximate surface area is 160 Å². The van der Waals surface area contributed by atoms with Crippen LogP contribution in [0.3, 0.4) is 0 Å². The third-order valence-electron chi connectivity index (χ3n) is 4.14. The lowest BCUT2D eigenvalue weighted by Gasteiger charge is -2.19. The van der Waals surface area contributed by atoms with Crippen LogP contribution in [0.4, 0.5) is 17.6 Å². The third-order valence-corrected chi connectivity index (χ3v) is 4.14. The van der Waals surface area contributed by atoms with Crippen LogP contribution in [0, 0.1) is 25.5 Å². The quantitative estimate of drug-likeness (QED) is 0.460. The summed E-state index contributed by atoms with van der Waals surface area (Å²) in [6.45, 7) is 2.08. The van der Waals surface area contributed by atoms with Gasteiger partial charge in [0, 0.05) is 0 Å². The van der Waals surface area contributed by atoms with Gasteiger partial charge in [-0.2, -0.15) is 13.2 Å². The maximum absolute atomic E-state index is 14.0. The molecule has 0 heterocycles. The van der Waals surface area contributed by atoms with Gasteiger partial charge < -0.3 is 9.47 Å². The molecule has 0 saturated heterocycles. The Hall–Kier alpha value is -3.02. The van der Waals surface area contributed by atoms with Gasteiger partial charge in [-0.25, -0.2) is 4.39 Å². The molecule has 0 amide bonds. The smallest absolute Gasteiger partial charge is 0.432 e. The molecule has 0 N–H and O–H groups in total. The first kappa shape index (κ1) is 19.7. The van der Waals surface area contributed by atoms with E-state index in [0.717, 1.165) is 22.8 Å². The highest BCUT2D eigenvalue weighted by Crippen LogP contribution is 2.28. The molecule has 0 fully saturated rings. The van der Waals surface area contributed by atoms with Crippen molar-refractivity contribution >= 4 is 0 Å². The van der Waals surface area contributed by atoms with Gasteiger partial charge in [-0.1, -0.05) is 48.0 Å². The van der Waals surface area contributed by atoms with Crippen molar-refractivity contribution in [3.8, 4) is 22.6 Å². The van der Waals surface area contributed by atoms with Gasteiger partial charge >= 0.3 is 6.11 Å². The molecule has 0 aromatic heterocycles. The Kier molecular flexibility index (Phi) is 5.58. The van der Waals surface area contributed by atoms with Crippen molar-refractivity contribution in [1.29, 1.82) is 0 Å². The van der Waals surface area contributed by atoms with Crippen molar-refractivity contribution in [2.45, 2.75) is 20.0 Å². The highest BCUT2D eigenvalue weighted by molar-refractivity contribution is 5.64. The topological polar surface area (TPSA) is 18.5 Å². The van der Waals surface area contributed by atoms with E-state index in [2.05, 4.69) is 4.74 Å². The van der Waals surface area contributed by atoms with Crippen LogP contribution < -0.4 is 9.47 Å². The van der Waals surface area contributed by atoms with Gasteiger partial charge in [0.25, 0.3) is 0 Å². The Morgan fingerprint density at radius 1 is 0.750 bits per heavy atom. The van der Waals surface area contributed by atoms with Gasteiger partial charge in [-0.3, -0.25) is 0 Å². The van der Waals surface area contributed by atoms with E-state index in [0.29, 0.717) is 0 Å². The minimum absolute atomic E-state index is 0.0570. The Bertz CT molecular complexity index is 952. The highest BCUT2D eigenvalue weighted by Gasteiger charge is 2.33. The van der Waals surface area contributed by atoms with Crippen LogP contribution in [0.1, 0.15) is 11.1 Å². The third kappa shape index (κ3) is 4.63. The lowest BCUT2D eigenvalue weighted by molar-refractivity contribution is -0.195. The molecule has 0 spiro atoms. The molecule has 2 nitrogen and oxygen atoms in total. The first-order valence-corrected chi connectivity index (χ1v) is 8.56. The SMILES string of the molecule is Cc1ccc(-c2ccc(OC(F)(F)COc3ccc(C)c(F)c3F)cc2)cc1. The molecule has 0 aliphatic heterocycles. The molecular formula is C22H18F4O2. The fourth-order valence-corrected chi connectivity index (χ4v) is 2.56. The fraction of sp³-hybridized carbons (Fsp3) is 0.182. The summed E-state index contributed by atoms with van der Waals surface area (Å²) in [6.07, 6.45) is -3.72. The average Bonchev–Trinajstić information content (AvgIpc) is 2.67. The van der Waals surface area contributed by atoms with Gasteiger partial charge in [0.1, 0.15) is 5.75 Å². The van der Waals surface area contributed by atoms with Gasteiger partial charge in [0.05, 0.1) is 0 Å². The molecule has 0 saturated carbocycles. The summed E-state index contributed by atoms with van der Waals surface area (Å²) in [4.78, 5) is 0. The molecule has 0 atom stereocenters. The molecule has 146 valence electrons. The number of benzene rings is 3. The van der Waals surface area contributed by atoms with Crippen molar-refractivity contribution in [3.63, 3.8) is 0 Å². The Morgan fingerprint density at radius 2 is 1.32 bits per heavy atom. The Balaban J connectivity index is 1.65. The zero-order chi connectivity index (χ0) is 20.3. The zero-order valence-electron chi connectivity index (χ0n) is 15.3. The van der Waals surface area contributed by atoms with E-state index >= 15 is 0 Å². The number of aryl methyl sites for hydroxylation is 2. The summed E-state index contributed by atoms with van der Waals surface area (Å²) < 4.78 is 64.6. The maximum Gasteiger partial charge on any atom is 0.432 e. The lowest BCUT2D eigenvalue weighted by atomic mass is 10.0. The molecule has 0 unspecified atom stereocenters. The summed E-state index contributed by atoms with van der Waals surface area (Å²) in [5, 5.41) is 0. The van der Waals surface area contributed by atoms with E-state index in [-0.39, 0.29) is 11.3 Å². The van der Waals surface area contributed by atoms with E-state index in [4.69, 9.17) is 4.74 Å². The largest absolute Gasteiger partial charge is 0.480 e. The van der Waals surface area contributed by atoms with E-state index in [9.17, 15) is 17.6 Å². The summed E-state index contributed by atoms with van der Waals surface area (Å²) in [7, 11) is 0. The number of hydrogen-bond donors (Lipinski definition) is 0. The monoisotopic (exact) mass is 390 g/mol. The predicted octanol–water partition coefficient (Wildman–Crippen LogP) is 6.30. The first-order chi connectivity index (χ1) is 13.2. The van der Waals surface area contributed by atoms with Gasteiger partial charge in [0.2, 0.25) is 5.82 Å². The summed E-state index contributed by atoms with van der Waals surface area (Å²) in [5.41, 5.74) is 2.98. The standard InChI is InChI=1S/C22H18F4O2/c1-14-3-6-16(7-4-14)17-8-10-18(11-9-17)28-22(25,26)13-27-19-12-5-15(2)20(23)21(19)24/h3-12H,13H2,1-2H3. The van der Waals surface area contributed by atoms with E-state index in [1.807, 2.05) is 31.2 Å².